The van der Waals surface area contributed by atoms with Crippen molar-refractivity contribution >= 4 is 29.1 Å². The number of hydrogen-bond donors (Lipinski definition) is 1. The van der Waals surface area contributed by atoms with E-state index in [1.165, 1.54) is 5.56 Å². The van der Waals surface area contributed by atoms with Crippen LogP contribution >= 0.6 is 23.2 Å². The third kappa shape index (κ3) is 5.63. The number of likely N-dealkylation sites (tertiary alicyclic amines) is 1. The third-order valence-electron chi connectivity index (χ3n) is 4.46. The molecule has 1 N–H and O–H groups in total. The number of amides is 1. The molecular weight excluding hydrogens is 371 g/mol. The van der Waals surface area contributed by atoms with Gasteiger partial charge in [-0.2, -0.15) is 0 Å². The zero-order chi connectivity index (χ0) is 18.4. The predicted molar refractivity (Wildman–Crippen MR) is 105 cm³/mol. The molecule has 4 nitrogen and oxygen atoms in total. The zero-order valence-electron chi connectivity index (χ0n) is 14.5. The van der Waals surface area contributed by atoms with Gasteiger partial charge in [0, 0.05) is 31.7 Å². The Kier molecular flexibility index (Phi) is 6.78. The largest absolute Gasteiger partial charge is 0.484 e. The first-order valence-electron chi connectivity index (χ1n) is 8.73. The van der Waals surface area contributed by atoms with E-state index >= 15 is 0 Å². The van der Waals surface area contributed by atoms with Gasteiger partial charge >= 0.3 is 0 Å². The maximum absolute atomic E-state index is 12.1. The van der Waals surface area contributed by atoms with Crippen LogP contribution in [0.2, 0.25) is 10.0 Å². The monoisotopic (exact) mass is 392 g/mol. The van der Waals surface area contributed by atoms with Crippen LogP contribution in [0.1, 0.15) is 18.4 Å². The second kappa shape index (κ2) is 9.26. The fourth-order valence-corrected chi connectivity index (χ4v) is 3.35. The van der Waals surface area contributed by atoms with E-state index in [4.69, 9.17) is 27.9 Å². The summed E-state index contributed by atoms with van der Waals surface area (Å²) in [4.78, 5) is 14.5. The number of ether oxygens (including phenoxy) is 1. The van der Waals surface area contributed by atoms with Gasteiger partial charge in [-0.3, -0.25) is 9.69 Å². The summed E-state index contributed by atoms with van der Waals surface area (Å²) in [5.74, 6) is 0.421. The van der Waals surface area contributed by atoms with Crippen LogP contribution in [0.5, 0.6) is 5.75 Å². The number of halogens is 2. The number of nitrogens with one attached hydrogen (secondary N) is 1. The lowest BCUT2D eigenvalue weighted by Gasteiger charge is -2.32. The number of piperidine rings is 1. The van der Waals surface area contributed by atoms with E-state index in [1.807, 2.05) is 6.07 Å². The van der Waals surface area contributed by atoms with E-state index in [0.717, 1.165) is 32.5 Å². The first-order valence-corrected chi connectivity index (χ1v) is 9.49. The van der Waals surface area contributed by atoms with E-state index in [-0.39, 0.29) is 18.6 Å². The standard InChI is InChI=1S/C20H22Cl2N2O2/c21-18-7-6-17(12-19(18)22)26-14-20(25)23-16-8-10-24(11-9-16)13-15-4-2-1-3-5-15/h1-7,12,16H,8-11,13-14H2,(H,23,25). The highest BCUT2D eigenvalue weighted by atomic mass is 35.5. The number of carbonyl (C=O) groups excluding carboxylic acids is 1. The van der Waals surface area contributed by atoms with Crippen LogP contribution in [0.3, 0.4) is 0 Å². The summed E-state index contributed by atoms with van der Waals surface area (Å²) in [6.45, 7) is 2.89. The molecule has 2 aromatic carbocycles. The third-order valence-corrected chi connectivity index (χ3v) is 5.20. The number of carbonyl (C=O) groups is 1. The Labute approximate surface area is 164 Å². The van der Waals surface area contributed by atoms with Crippen LogP contribution in [-0.4, -0.2) is 36.5 Å². The smallest absolute Gasteiger partial charge is 0.258 e. The van der Waals surface area contributed by atoms with Gasteiger partial charge in [0.15, 0.2) is 6.61 Å². The lowest BCUT2D eigenvalue weighted by atomic mass is 10.0. The number of rotatable bonds is 6. The average molecular weight is 393 g/mol. The first kappa shape index (κ1) is 19.0. The molecular formula is C20H22Cl2N2O2. The minimum Gasteiger partial charge on any atom is -0.484 e. The van der Waals surface area contributed by atoms with E-state index in [2.05, 4.69) is 34.5 Å². The lowest BCUT2D eigenvalue weighted by molar-refractivity contribution is -0.124. The second-order valence-corrected chi connectivity index (χ2v) is 7.28. The molecule has 2 aromatic rings. The summed E-state index contributed by atoms with van der Waals surface area (Å²) >= 11 is 11.8. The molecule has 0 radical (unpaired) electrons. The molecule has 1 heterocycles. The van der Waals surface area contributed by atoms with Gasteiger partial charge in [-0.15, -0.1) is 0 Å². The summed E-state index contributed by atoms with van der Waals surface area (Å²) in [7, 11) is 0. The summed E-state index contributed by atoms with van der Waals surface area (Å²) in [6.07, 6.45) is 1.90. The van der Waals surface area contributed by atoms with Gasteiger partial charge in [-0.05, 0) is 30.5 Å². The molecule has 3 rings (SSSR count). The lowest BCUT2D eigenvalue weighted by Crippen LogP contribution is -2.45. The predicted octanol–water partition coefficient (Wildman–Crippen LogP) is 4.15. The summed E-state index contributed by atoms with van der Waals surface area (Å²) in [5.41, 5.74) is 1.32. The highest BCUT2D eigenvalue weighted by Crippen LogP contribution is 2.26. The van der Waals surface area contributed by atoms with Crippen LogP contribution in [0.25, 0.3) is 0 Å². The van der Waals surface area contributed by atoms with Gasteiger partial charge in [0.05, 0.1) is 10.0 Å². The topological polar surface area (TPSA) is 41.6 Å². The quantitative estimate of drug-likeness (QED) is 0.802. The van der Waals surface area contributed by atoms with Crippen molar-refractivity contribution < 1.29 is 9.53 Å². The summed E-state index contributed by atoms with van der Waals surface area (Å²) in [6, 6.07) is 15.6. The van der Waals surface area contributed by atoms with E-state index < -0.39 is 0 Å². The molecule has 1 aliphatic rings. The van der Waals surface area contributed by atoms with Gasteiger partial charge < -0.3 is 10.1 Å². The van der Waals surface area contributed by atoms with Crippen molar-refractivity contribution in [3.63, 3.8) is 0 Å². The molecule has 6 heteroatoms. The van der Waals surface area contributed by atoms with Crippen molar-refractivity contribution in [3.8, 4) is 5.75 Å². The van der Waals surface area contributed by atoms with Crippen LogP contribution in [0.4, 0.5) is 0 Å². The Hall–Kier alpha value is -1.75. The van der Waals surface area contributed by atoms with Crippen molar-refractivity contribution in [1.82, 2.24) is 10.2 Å². The Bertz CT molecular complexity index is 732. The van der Waals surface area contributed by atoms with Crippen molar-refractivity contribution in [3.05, 3.63) is 64.1 Å². The fraction of sp³-hybridized carbons (Fsp3) is 0.350. The molecule has 0 unspecified atom stereocenters. The van der Waals surface area contributed by atoms with Crippen molar-refractivity contribution in [2.75, 3.05) is 19.7 Å². The van der Waals surface area contributed by atoms with Gasteiger partial charge in [0.2, 0.25) is 0 Å². The molecule has 1 fully saturated rings. The van der Waals surface area contributed by atoms with Crippen LogP contribution in [0, 0.1) is 0 Å². The van der Waals surface area contributed by atoms with Gasteiger partial charge in [-0.25, -0.2) is 0 Å². The molecule has 26 heavy (non-hydrogen) atoms. The number of nitrogens with zero attached hydrogens (tertiary/aromatic N) is 1. The summed E-state index contributed by atoms with van der Waals surface area (Å²) in [5, 5.41) is 3.93. The Morgan fingerprint density at radius 2 is 1.81 bits per heavy atom. The minimum atomic E-state index is -0.113. The molecule has 0 atom stereocenters. The van der Waals surface area contributed by atoms with Crippen molar-refractivity contribution in [2.24, 2.45) is 0 Å². The Balaban J connectivity index is 1.38. The SMILES string of the molecule is O=C(COc1ccc(Cl)c(Cl)c1)NC1CCN(Cc2ccccc2)CC1. The van der Waals surface area contributed by atoms with Crippen LogP contribution < -0.4 is 10.1 Å². The average Bonchev–Trinajstić information content (AvgIpc) is 2.65. The molecule has 1 saturated heterocycles. The van der Waals surface area contributed by atoms with Crippen molar-refractivity contribution in [2.45, 2.75) is 25.4 Å². The van der Waals surface area contributed by atoms with Crippen LogP contribution in [-0.2, 0) is 11.3 Å². The van der Waals surface area contributed by atoms with E-state index in [0.29, 0.717) is 15.8 Å². The Morgan fingerprint density at radius 3 is 2.50 bits per heavy atom. The highest BCUT2D eigenvalue weighted by Gasteiger charge is 2.20. The highest BCUT2D eigenvalue weighted by molar-refractivity contribution is 6.42. The molecule has 0 spiro atoms. The molecule has 138 valence electrons. The second-order valence-electron chi connectivity index (χ2n) is 6.47. The van der Waals surface area contributed by atoms with Gasteiger partial charge in [-0.1, -0.05) is 53.5 Å². The van der Waals surface area contributed by atoms with E-state index in [1.54, 1.807) is 18.2 Å². The molecule has 0 aliphatic carbocycles. The first-order chi connectivity index (χ1) is 12.6. The fourth-order valence-electron chi connectivity index (χ4n) is 3.06. The minimum absolute atomic E-state index is 0.0256. The van der Waals surface area contributed by atoms with Crippen LogP contribution in [0.15, 0.2) is 48.5 Å². The maximum atomic E-state index is 12.1. The number of hydrogen-bond acceptors (Lipinski definition) is 3. The molecule has 0 bridgehead atoms. The molecule has 1 aliphatic heterocycles. The zero-order valence-corrected chi connectivity index (χ0v) is 16.0. The number of benzene rings is 2. The summed E-state index contributed by atoms with van der Waals surface area (Å²) < 4.78 is 5.48. The van der Waals surface area contributed by atoms with Gasteiger partial charge in [0.25, 0.3) is 5.91 Å². The maximum Gasteiger partial charge on any atom is 0.258 e. The molecule has 1 amide bonds. The molecule has 0 saturated carbocycles. The Morgan fingerprint density at radius 1 is 1.08 bits per heavy atom. The van der Waals surface area contributed by atoms with Crippen molar-refractivity contribution in [1.29, 1.82) is 0 Å². The van der Waals surface area contributed by atoms with E-state index in [9.17, 15) is 4.79 Å². The molecule has 0 aromatic heterocycles. The normalized spacial score (nSPS) is 15.6. The van der Waals surface area contributed by atoms with Gasteiger partial charge in [0.1, 0.15) is 5.75 Å².